The largest absolute Gasteiger partial charge is 0.467 e. The van der Waals surface area contributed by atoms with Crippen molar-refractivity contribution in [3.05, 3.63) is 40.4 Å². The molecular formula is C14H14ClN3OS. The van der Waals surface area contributed by atoms with Crippen LogP contribution in [0.4, 0.5) is 5.82 Å². The summed E-state index contributed by atoms with van der Waals surface area (Å²) in [6, 6.07) is 5.96. The first-order chi connectivity index (χ1) is 9.67. The predicted molar refractivity (Wildman–Crippen MR) is 82.6 cm³/mol. The molecule has 0 aliphatic carbocycles. The van der Waals surface area contributed by atoms with E-state index in [0.29, 0.717) is 6.54 Å². The lowest BCUT2D eigenvalue weighted by molar-refractivity contribution is 0.503. The molecule has 0 amide bonds. The Kier molecular flexibility index (Phi) is 3.63. The van der Waals surface area contributed by atoms with E-state index in [1.807, 2.05) is 12.1 Å². The van der Waals surface area contributed by atoms with Crippen LogP contribution in [0.5, 0.6) is 0 Å². The summed E-state index contributed by atoms with van der Waals surface area (Å²) in [5.74, 6) is 1.77. The molecule has 0 unspecified atom stereocenters. The standard InChI is InChI=1S/C14H14ClN3OS/c1-3-18(8-10-5-4-6-19-10)12-11-7-9(2)20-13(11)17-14(15)16-12/h4-7H,3,8H2,1-2H3. The summed E-state index contributed by atoms with van der Waals surface area (Å²) in [6.45, 7) is 5.63. The molecule has 3 aromatic heterocycles. The smallest absolute Gasteiger partial charge is 0.225 e. The van der Waals surface area contributed by atoms with E-state index < -0.39 is 0 Å². The van der Waals surface area contributed by atoms with Gasteiger partial charge < -0.3 is 9.32 Å². The summed E-state index contributed by atoms with van der Waals surface area (Å²) in [7, 11) is 0. The molecule has 20 heavy (non-hydrogen) atoms. The van der Waals surface area contributed by atoms with Crippen LogP contribution < -0.4 is 4.90 Å². The molecular weight excluding hydrogens is 294 g/mol. The molecule has 3 rings (SSSR count). The van der Waals surface area contributed by atoms with Crippen molar-refractivity contribution < 1.29 is 4.42 Å². The highest BCUT2D eigenvalue weighted by Gasteiger charge is 2.16. The Labute approximate surface area is 126 Å². The lowest BCUT2D eigenvalue weighted by Crippen LogP contribution is -2.23. The van der Waals surface area contributed by atoms with Crippen LogP contribution in [0.15, 0.2) is 28.9 Å². The van der Waals surface area contributed by atoms with E-state index in [1.165, 1.54) is 4.88 Å². The second-order valence-electron chi connectivity index (χ2n) is 4.49. The Morgan fingerprint density at radius 2 is 2.25 bits per heavy atom. The van der Waals surface area contributed by atoms with Crippen molar-refractivity contribution >= 4 is 39.0 Å². The number of aryl methyl sites for hydroxylation is 1. The van der Waals surface area contributed by atoms with Gasteiger partial charge >= 0.3 is 0 Å². The van der Waals surface area contributed by atoms with Crippen LogP contribution in [0.2, 0.25) is 5.28 Å². The molecule has 4 nitrogen and oxygen atoms in total. The molecule has 0 N–H and O–H groups in total. The van der Waals surface area contributed by atoms with Crippen molar-refractivity contribution in [3.63, 3.8) is 0 Å². The maximum atomic E-state index is 6.05. The molecule has 0 bridgehead atoms. The topological polar surface area (TPSA) is 42.2 Å². The monoisotopic (exact) mass is 307 g/mol. The second kappa shape index (κ2) is 5.42. The van der Waals surface area contributed by atoms with Gasteiger partial charge in [0.25, 0.3) is 0 Å². The fourth-order valence-corrected chi connectivity index (χ4v) is 3.26. The molecule has 6 heteroatoms. The normalized spacial score (nSPS) is 11.2. The maximum absolute atomic E-state index is 6.05. The molecule has 0 aliphatic rings. The quantitative estimate of drug-likeness (QED) is 0.675. The molecule has 0 radical (unpaired) electrons. The average Bonchev–Trinajstić information content (AvgIpc) is 3.03. The summed E-state index contributed by atoms with van der Waals surface area (Å²) in [5.41, 5.74) is 0. The first kappa shape index (κ1) is 13.4. The van der Waals surface area contributed by atoms with Crippen molar-refractivity contribution in [3.8, 4) is 0 Å². The number of halogens is 1. The van der Waals surface area contributed by atoms with Gasteiger partial charge in [-0.25, -0.2) is 4.98 Å². The van der Waals surface area contributed by atoms with Crippen molar-refractivity contribution in [1.82, 2.24) is 9.97 Å². The minimum Gasteiger partial charge on any atom is -0.467 e. The van der Waals surface area contributed by atoms with Crippen molar-refractivity contribution in [2.75, 3.05) is 11.4 Å². The third-order valence-electron chi connectivity index (χ3n) is 3.08. The number of anilines is 1. The minimum absolute atomic E-state index is 0.284. The van der Waals surface area contributed by atoms with Crippen LogP contribution in [-0.2, 0) is 6.54 Å². The van der Waals surface area contributed by atoms with Crippen molar-refractivity contribution in [1.29, 1.82) is 0 Å². The Bertz CT molecular complexity index is 723. The number of aromatic nitrogens is 2. The molecule has 0 saturated heterocycles. The van der Waals surface area contributed by atoms with Crippen molar-refractivity contribution in [2.45, 2.75) is 20.4 Å². The fraction of sp³-hybridized carbons (Fsp3) is 0.286. The van der Waals surface area contributed by atoms with E-state index >= 15 is 0 Å². The maximum Gasteiger partial charge on any atom is 0.225 e. The van der Waals surface area contributed by atoms with Crippen LogP contribution >= 0.6 is 22.9 Å². The van der Waals surface area contributed by atoms with E-state index in [1.54, 1.807) is 17.6 Å². The highest BCUT2D eigenvalue weighted by atomic mass is 35.5. The highest BCUT2D eigenvalue weighted by molar-refractivity contribution is 7.18. The van der Waals surface area contributed by atoms with Crippen LogP contribution in [0, 0.1) is 6.92 Å². The van der Waals surface area contributed by atoms with Crippen LogP contribution in [0.3, 0.4) is 0 Å². The number of hydrogen-bond donors (Lipinski definition) is 0. The van der Waals surface area contributed by atoms with E-state index in [-0.39, 0.29) is 5.28 Å². The Balaban J connectivity index is 2.06. The van der Waals surface area contributed by atoms with Gasteiger partial charge in [0.2, 0.25) is 5.28 Å². The van der Waals surface area contributed by atoms with Gasteiger partial charge in [-0.05, 0) is 43.6 Å². The van der Waals surface area contributed by atoms with Gasteiger partial charge in [0.1, 0.15) is 16.4 Å². The summed E-state index contributed by atoms with van der Waals surface area (Å²) in [4.78, 5) is 13.0. The zero-order valence-corrected chi connectivity index (χ0v) is 12.8. The van der Waals surface area contributed by atoms with E-state index in [9.17, 15) is 0 Å². The number of furan rings is 1. The van der Waals surface area contributed by atoms with Crippen molar-refractivity contribution in [2.24, 2.45) is 0 Å². The minimum atomic E-state index is 0.284. The molecule has 0 fully saturated rings. The zero-order valence-electron chi connectivity index (χ0n) is 11.3. The van der Waals surface area contributed by atoms with E-state index in [2.05, 4.69) is 34.8 Å². The molecule has 0 aromatic carbocycles. The third-order valence-corrected chi connectivity index (χ3v) is 4.19. The van der Waals surface area contributed by atoms with Crippen LogP contribution in [0.25, 0.3) is 10.2 Å². The Morgan fingerprint density at radius 3 is 2.95 bits per heavy atom. The van der Waals surface area contributed by atoms with E-state index in [4.69, 9.17) is 16.0 Å². The van der Waals surface area contributed by atoms with Gasteiger partial charge in [-0.15, -0.1) is 11.3 Å². The number of fused-ring (bicyclic) bond motifs is 1. The third kappa shape index (κ3) is 2.51. The molecule has 3 heterocycles. The molecule has 0 saturated carbocycles. The first-order valence-corrected chi connectivity index (χ1v) is 7.58. The lowest BCUT2D eigenvalue weighted by atomic mass is 10.3. The molecule has 0 spiro atoms. The van der Waals surface area contributed by atoms with Crippen LogP contribution in [-0.4, -0.2) is 16.5 Å². The molecule has 0 aliphatic heterocycles. The van der Waals surface area contributed by atoms with Gasteiger partial charge in [-0.1, -0.05) is 0 Å². The molecule has 0 atom stereocenters. The summed E-state index contributed by atoms with van der Waals surface area (Å²) < 4.78 is 5.42. The summed E-state index contributed by atoms with van der Waals surface area (Å²) >= 11 is 7.68. The molecule has 3 aromatic rings. The van der Waals surface area contributed by atoms with Gasteiger partial charge in [-0.3, -0.25) is 0 Å². The predicted octanol–water partition coefficient (Wildman–Crippen LogP) is 4.27. The van der Waals surface area contributed by atoms with Gasteiger partial charge in [0, 0.05) is 11.4 Å². The van der Waals surface area contributed by atoms with Gasteiger partial charge in [0.05, 0.1) is 18.2 Å². The van der Waals surface area contributed by atoms with Crippen LogP contribution in [0.1, 0.15) is 17.6 Å². The SMILES string of the molecule is CCN(Cc1ccco1)c1nc(Cl)nc2sc(C)cc12. The average molecular weight is 308 g/mol. The van der Waals surface area contributed by atoms with Gasteiger partial charge in [-0.2, -0.15) is 4.98 Å². The second-order valence-corrected chi connectivity index (χ2v) is 6.06. The zero-order chi connectivity index (χ0) is 14.1. The Morgan fingerprint density at radius 1 is 1.40 bits per heavy atom. The lowest BCUT2D eigenvalue weighted by Gasteiger charge is -2.21. The Hall–Kier alpha value is -1.59. The number of thiophene rings is 1. The van der Waals surface area contributed by atoms with Gasteiger partial charge in [0.15, 0.2) is 0 Å². The fourth-order valence-electron chi connectivity index (χ4n) is 2.17. The summed E-state index contributed by atoms with van der Waals surface area (Å²) in [5, 5.41) is 1.33. The molecule has 104 valence electrons. The summed E-state index contributed by atoms with van der Waals surface area (Å²) in [6.07, 6.45) is 1.68. The number of hydrogen-bond acceptors (Lipinski definition) is 5. The van der Waals surface area contributed by atoms with E-state index in [0.717, 1.165) is 28.3 Å². The first-order valence-electron chi connectivity index (χ1n) is 6.38. The number of nitrogens with zero attached hydrogens (tertiary/aromatic N) is 3. The number of rotatable bonds is 4. The highest BCUT2D eigenvalue weighted by Crippen LogP contribution is 2.32.